The lowest BCUT2D eigenvalue weighted by molar-refractivity contribution is -0.128. The maximum Gasteiger partial charge on any atom is 0.260 e. The number of nitrogens with zero attached hydrogens (tertiary/aromatic N) is 2. The summed E-state index contributed by atoms with van der Waals surface area (Å²) in [5.41, 5.74) is 0.444. The molecular weight excluding hydrogens is 244 g/mol. The zero-order valence-electron chi connectivity index (χ0n) is 10.9. The SMILES string of the molecule is CN(C)C(=O)CCNc1nc2ccccc2c(=O)[nH]1. The van der Waals surface area contributed by atoms with Gasteiger partial charge >= 0.3 is 0 Å². The number of nitrogens with one attached hydrogen (secondary N) is 2. The van der Waals surface area contributed by atoms with Gasteiger partial charge in [0.2, 0.25) is 11.9 Å². The van der Waals surface area contributed by atoms with E-state index in [1.165, 1.54) is 4.90 Å². The number of aromatic nitrogens is 2. The Labute approximate surface area is 110 Å². The standard InChI is InChI=1S/C13H16N4O2/c1-17(2)11(18)7-8-14-13-15-10-6-4-3-5-9(10)12(19)16-13/h3-6H,7-8H2,1-2H3,(H2,14,15,16,19). The molecule has 0 saturated carbocycles. The fourth-order valence-electron chi connectivity index (χ4n) is 1.68. The molecule has 1 heterocycles. The molecule has 0 aliphatic rings. The summed E-state index contributed by atoms with van der Waals surface area (Å²) in [6.07, 6.45) is 0.351. The summed E-state index contributed by atoms with van der Waals surface area (Å²) in [4.78, 5) is 31.7. The summed E-state index contributed by atoms with van der Waals surface area (Å²) in [6, 6.07) is 7.12. The normalized spacial score (nSPS) is 10.4. The average molecular weight is 260 g/mol. The first-order valence-corrected chi connectivity index (χ1v) is 6.01. The number of carbonyl (C=O) groups excluding carboxylic acids is 1. The number of anilines is 1. The van der Waals surface area contributed by atoms with Crippen LogP contribution < -0.4 is 10.9 Å². The summed E-state index contributed by atoms with van der Waals surface area (Å²) >= 11 is 0. The van der Waals surface area contributed by atoms with Crippen molar-refractivity contribution < 1.29 is 4.79 Å². The molecule has 0 aliphatic heterocycles. The van der Waals surface area contributed by atoms with Crippen LogP contribution in [-0.2, 0) is 4.79 Å². The summed E-state index contributed by atoms with van der Waals surface area (Å²) in [5, 5.41) is 3.50. The quantitative estimate of drug-likeness (QED) is 0.853. The second-order valence-corrected chi connectivity index (χ2v) is 4.40. The Morgan fingerprint density at radius 3 is 2.84 bits per heavy atom. The summed E-state index contributed by atoms with van der Waals surface area (Å²) in [7, 11) is 3.41. The van der Waals surface area contributed by atoms with Crippen molar-refractivity contribution in [3.8, 4) is 0 Å². The van der Waals surface area contributed by atoms with Crippen LogP contribution in [0, 0.1) is 0 Å². The van der Waals surface area contributed by atoms with Gasteiger partial charge in [0.15, 0.2) is 0 Å². The molecular formula is C13H16N4O2. The van der Waals surface area contributed by atoms with E-state index in [2.05, 4.69) is 15.3 Å². The number of benzene rings is 1. The van der Waals surface area contributed by atoms with Crippen LogP contribution in [0.3, 0.4) is 0 Å². The molecule has 0 unspecified atom stereocenters. The van der Waals surface area contributed by atoms with Gasteiger partial charge in [-0.3, -0.25) is 14.6 Å². The molecule has 0 fully saturated rings. The number of aromatic amines is 1. The number of hydrogen-bond acceptors (Lipinski definition) is 4. The Bertz CT molecular complexity index is 648. The van der Waals surface area contributed by atoms with Gasteiger partial charge in [0.25, 0.3) is 5.56 Å². The van der Waals surface area contributed by atoms with Crippen LogP contribution >= 0.6 is 0 Å². The summed E-state index contributed by atoms with van der Waals surface area (Å²) < 4.78 is 0. The van der Waals surface area contributed by atoms with E-state index in [4.69, 9.17) is 0 Å². The molecule has 6 heteroatoms. The van der Waals surface area contributed by atoms with Gasteiger partial charge in [-0.15, -0.1) is 0 Å². The smallest absolute Gasteiger partial charge is 0.260 e. The number of para-hydroxylation sites is 1. The molecule has 2 aromatic rings. The van der Waals surface area contributed by atoms with Crippen LogP contribution in [0.25, 0.3) is 10.9 Å². The van der Waals surface area contributed by atoms with E-state index < -0.39 is 0 Å². The molecule has 6 nitrogen and oxygen atoms in total. The highest BCUT2D eigenvalue weighted by atomic mass is 16.2. The highest BCUT2D eigenvalue weighted by Gasteiger charge is 2.05. The first-order chi connectivity index (χ1) is 9.08. The lowest BCUT2D eigenvalue weighted by atomic mass is 10.2. The second-order valence-electron chi connectivity index (χ2n) is 4.40. The number of fused-ring (bicyclic) bond motifs is 1. The molecule has 100 valence electrons. The molecule has 0 saturated heterocycles. The molecule has 0 radical (unpaired) electrons. The number of carbonyl (C=O) groups is 1. The number of hydrogen-bond donors (Lipinski definition) is 2. The molecule has 0 atom stereocenters. The largest absolute Gasteiger partial charge is 0.355 e. The molecule has 1 aromatic heterocycles. The van der Waals surface area contributed by atoms with Crippen LogP contribution in [0.1, 0.15) is 6.42 Å². The second kappa shape index (κ2) is 5.51. The van der Waals surface area contributed by atoms with E-state index in [0.717, 1.165) is 0 Å². The van der Waals surface area contributed by atoms with Crippen LogP contribution in [0.4, 0.5) is 5.95 Å². The predicted octanol–water partition coefficient (Wildman–Crippen LogP) is 0.813. The van der Waals surface area contributed by atoms with Gasteiger partial charge in [0, 0.05) is 27.1 Å². The minimum atomic E-state index is -0.188. The third kappa shape index (κ3) is 3.09. The highest BCUT2D eigenvalue weighted by Crippen LogP contribution is 2.07. The van der Waals surface area contributed by atoms with Crippen molar-refractivity contribution >= 4 is 22.8 Å². The first kappa shape index (κ1) is 13.1. The van der Waals surface area contributed by atoms with E-state index in [-0.39, 0.29) is 11.5 Å². The molecule has 0 aliphatic carbocycles. The van der Waals surface area contributed by atoms with Crippen molar-refractivity contribution in [1.29, 1.82) is 0 Å². The van der Waals surface area contributed by atoms with Gasteiger partial charge < -0.3 is 10.2 Å². The van der Waals surface area contributed by atoms with Crippen molar-refractivity contribution in [2.75, 3.05) is 26.0 Å². The van der Waals surface area contributed by atoms with Crippen LogP contribution in [-0.4, -0.2) is 41.4 Å². The molecule has 0 spiro atoms. The van der Waals surface area contributed by atoms with Crippen LogP contribution in [0.5, 0.6) is 0 Å². The zero-order chi connectivity index (χ0) is 13.8. The molecule has 2 N–H and O–H groups in total. The monoisotopic (exact) mass is 260 g/mol. The molecule has 0 bridgehead atoms. The maximum atomic E-state index is 11.8. The van der Waals surface area contributed by atoms with E-state index in [1.807, 2.05) is 6.07 Å². The predicted molar refractivity (Wildman–Crippen MR) is 74.2 cm³/mol. The van der Waals surface area contributed by atoms with E-state index in [1.54, 1.807) is 32.3 Å². The van der Waals surface area contributed by atoms with Gasteiger partial charge in [0.05, 0.1) is 10.9 Å². The lowest BCUT2D eigenvalue weighted by Gasteiger charge is -2.10. The minimum Gasteiger partial charge on any atom is -0.355 e. The maximum absolute atomic E-state index is 11.8. The number of H-pyrrole nitrogens is 1. The third-order valence-electron chi connectivity index (χ3n) is 2.74. The fourth-order valence-corrected chi connectivity index (χ4v) is 1.68. The van der Waals surface area contributed by atoms with Crippen molar-refractivity contribution in [3.63, 3.8) is 0 Å². The Morgan fingerprint density at radius 2 is 2.11 bits per heavy atom. The Balaban J connectivity index is 2.10. The van der Waals surface area contributed by atoms with E-state index in [0.29, 0.717) is 29.8 Å². The van der Waals surface area contributed by atoms with Gasteiger partial charge in [-0.1, -0.05) is 12.1 Å². The van der Waals surface area contributed by atoms with Gasteiger partial charge in [0.1, 0.15) is 0 Å². The number of amides is 1. The van der Waals surface area contributed by atoms with E-state index >= 15 is 0 Å². The number of rotatable bonds is 4. The highest BCUT2D eigenvalue weighted by molar-refractivity contribution is 5.78. The van der Waals surface area contributed by atoms with Crippen molar-refractivity contribution in [1.82, 2.24) is 14.9 Å². The topological polar surface area (TPSA) is 78.1 Å². The molecule has 2 rings (SSSR count). The molecule has 19 heavy (non-hydrogen) atoms. The Morgan fingerprint density at radius 1 is 1.37 bits per heavy atom. The van der Waals surface area contributed by atoms with Crippen molar-refractivity contribution in [3.05, 3.63) is 34.6 Å². The third-order valence-corrected chi connectivity index (χ3v) is 2.74. The van der Waals surface area contributed by atoms with Crippen LogP contribution in [0.15, 0.2) is 29.1 Å². The van der Waals surface area contributed by atoms with E-state index in [9.17, 15) is 9.59 Å². The minimum absolute atomic E-state index is 0.0237. The fraction of sp³-hybridized carbons (Fsp3) is 0.308. The van der Waals surface area contributed by atoms with Gasteiger partial charge in [-0.25, -0.2) is 4.98 Å². The van der Waals surface area contributed by atoms with Crippen molar-refractivity contribution in [2.45, 2.75) is 6.42 Å². The Hall–Kier alpha value is -2.37. The van der Waals surface area contributed by atoms with Crippen molar-refractivity contribution in [2.24, 2.45) is 0 Å². The van der Waals surface area contributed by atoms with Crippen LogP contribution in [0.2, 0.25) is 0 Å². The summed E-state index contributed by atoms with van der Waals surface area (Å²) in [5.74, 6) is 0.408. The van der Waals surface area contributed by atoms with Gasteiger partial charge in [-0.2, -0.15) is 0 Å². The molecule has 1 amide bonds. The summed E-state index contributed by atoms with van der Waals surface area (Å²) in [6.45, 7) is 0.429. The first-order valence-electron chi connectivity index (χ1n) is 6.01. The molecule has 1 aromatic carbocycles. The Kier molecular flexibility index (Phi) is 3.79. The lowest BCUT2D eigenvalue weighted by Crippen LogP contribution is -2.24. The zero-order valence-corrected chi connectivity index (χ0v) is 10.9. The van der Waals surface area contributed by atoms with Gasteiger partial charge in [-0.05, 0) is 12.1 Å². The average Bonchev–Trinajstić information content (AvgIpc) is 2.38.